The van der Waals surface area contributed by atoms with E-state index >= 15 is 0 Å². The summed E-state index contributed by atoms with van der Waals surface area (Å²) >= 11 is 5.68. The van der Waals surface area contributed by atoms with Crippen LogP contribution in [0.15, 0.2) is 36.9 Å². The Bertz CT molecular complexity index is 754. The van der Waals surface area contributed by atoms with Gasteiger partial charge in [-0.2, -0.15) is 0 Å². The smallest absolute Gasteiger partial charge is 0.358 e. The van der Waals surface area contributed by atoms with E-state index in [4.69, 9.17) is 16.3 Å². The number of halogens is 1. The minimum Gasteiger partial charge on any atom is -0.456 e. The highest BCUT2D eigenvalue weighted by Gasteiger charge is 2.14. The molecule has 3 aromatic rings. The molecule has 6 nitrogen and oxygen atoms in total. The van der Waals surface area contributed by atoms with Gasteiger partial charge in [0.15, 0.2) is 5.69 Å². The second-order valence-corrected chi connectivity index (χ2v) is 4.41. The van der Waals surface area contributed by atoms with Gasteiger partial charge in [0.1, 0.15) is 23.7 Å². The number of pyridine rings is 1. The van der Waals surface area contributed by atoms with Crippen molar-refractivity contribution < 1.29 is 9.53 Å². The Morgan fingerprint density at radius 3 is 2.95 bits per heavy atom. The van der Waals surface area contributed by atoms with E-state index in [0.29, 0.717) is 16.2 Å². The van der Waals surface area contributed by atoms with Crippen molar-refractivity contribution in [2.24, 2.45) is 0 Å². The van der Waals surface area contributed by atoms with E-state index in [1.54, 1.807) is 30.6 Å². The predicted octanol–water partition coefficient (Wildman–Crippen LogP) is 2.36. The summed E-state index contributed by atoms with van der Waals surface area (Å²) in [5.41, 5.74) is 1.58. The summed E-state index contributed by atoms with van der Waals surface area (Å²) in [6.07, 6.45) is 4.57. The first kappa shape index (κ1) is 12.6. The van der Waals surface area contributed by atoms with Gasteiger partial charge in [-0.05, 0) is 12.1 Å². The Morgan fingerprint density at radius 2 is 2.15 bits per heavy atom. The number of ether oxygens (including phenoxy) is 1. The van der Waals surface area contributed by atoms with Gasteiger partial charge in [0.25, 0.3) is 0 Å². The van der Waals surface area contributed by atoms with Crippen LogP contribution in [0.2, 0.25) is 5.15 Å². The zero-order valence-corrected chi connectivity index (χ0v) is 11.0. The maximum atomic E-state index is 12.0. The molecule has 1 N–H and O–H groups in total. The van der Waals surface area contributed by atoms with Gasteiger partial charge in [-0.3, -0.25) is 0 Å². The fourth-order valence-corrected chi connectivity index (χ4v) is 1.86. The molecular weight excluding hydrogens is 280 g/mol. The number of H-pyrrole nitrogens is 1. The number of rotatable bonds is 3. The van der Waals surface area contributed by atoms with Crippen LogP contribution in [0.4, 0.5) is 0 Å². The molecule has 3 rings (SSSR count). The fourth-order valence-electron chi connectivity index (χ4n) is 1.74. The number of fused-ring (bicyclic) bond motifs is 1. The fraction of sp³-hybridized carbons (Fsp3) is 0.0769. The molecule has 0 aliphatic carbocycles. The molecular formula is C13H9ClN4O2. The summed E-state index contributed by atoms with van der Waals surface area (Å²) in [5.74, 6) is -0.507. The van der Waals surface area contributed by atoms with Crippen LogP contribution in [0.1, 0.15) is 16.1 Å². The molecule has 20 heavy (non-hydrogen) atoms. The molecule has 0 atom stereocenters. The van der Waals surface area contributed by atoms with E-state index in [1.807, 2.05) is 0 Å². The van der Waals surface area contributed by atoms with E-state index < -0.39 is 5.97 Å². The van der Waals surface area contributed by atoms with Crippen LogP contribution in [0.3, 0.4) is 0 Å². The number of nitrogens with zero attached hydrogens (tertiary/aromatic N) is 3. The Kier molecular flexibility index (Phi) is 3.30. The molecule has 0 bridgehead atoms. The van der Waals surface area contributed by atoms with Crippen LogP contribution >= 0.6 is 11.6 Å². The van der Waals surface area contributed by atoms with Crippen molar-refractivity contribution in [2.45, 2.75) is 6.61 Å². The zero-order valence-electron chi connectivity index (χ0n) is 10.2. The number of carbonyl (C=O) groups is 1. The van der Waals surface area contributed by atoms with Crippen LogP contribution in [-0.4, -0.2) is 25.9 Å². The lowest BCUT2D eigenvalue weighted by Crippen LogP contribution is -2.08. The lowest BCUT2D eigenvalue weighted by molar-refractivity contribution is 0.0468. The van der Waals surface area contributed by atoms with Crippen molar-refractivity contribution in [1.82, 2.24) is 19.9 Å². The molecule has 3 aromatic heterocycles. The number of nitrogens with one attached hydrogen (secondary N) is 1. The summed E-state index contributed by atoms with van der Waals surface area (Å²) in [5, 5.41) is 1.02. The molecule has 0 unspecified atom stereocenters. The highest BCUT2D eigenvalue weighted by molar-refractivity contribution is 6.29. The van der Waals surface area contributed by atoms with Gasteiger partial charge in [-0.25, -0.2) is 19.7 Å². The van der Waals surface area contributed by atoms with Crippen molar-refractivity contribution in [3.63, 3.8) is 0 Å². The third-order valence-electron chi connectivity index (χ3n) is 2.71. The topological polar surface area (TPSA) is 80.8 Å². The number of hydrogen-bond acceptors (Lipinski definition) is 5. The monoisotopic (exact) mass is 288 g/mol. The Hall–Kier alpha value is -2.47. The van der Waals surface area contributed by atoms with E-state index in [0.717, 1.165) is 5.56 Å². The molecule has 0 spiro atoms. The summed E-state index contributed by atoms with van der Waals surface area (Å²) in [6.45, 7) is 0.110. The van der Waals surface area contributed by atoms with Crippen LogP contribution < -0.4 is 0 Å². The van der Waals surface area contributed by atoms with Gasteiger partial charge in [0.2, 0.25) is 0 Å². The molecule has 0 saturated carbocycles. The van der Waals surface area contributed by atoms with Gasteiger partial charge in [0, 0.05) is 18.0 Å². The predicted molar refractivity (Wildman–Crippen MR) is 72.3 cm³/mol. The van der Waals surface area contributed by atoms with Gasteiger partial charge < -0.3 is 9.72 Å². The lowest BCUT2D eigenvalue weighted by Gasteiger charge is -2.04. The van der Waals surface area contributed by atoms with E-state index in [2.05, 4.69) is 19.9 Å². The molecule has 0 aromatic carbocycles. The molecule has 0 amide bonds. The molecule has 0 saturated heterocycles. The normalized spacial score (nSPS) is 10.7. The molecule has 100 valence electrons. The second-order valence-electron chi connectivity index (χ2n) is 4.03. The van der Waals surface area contributed by atoms with Crippen LogP contribution in [0.5, 0.6) is 0 Å². The summed E-state index contributed by atoms with van der Waals surface area (Å²) in [4.78, 5) is 26.8. The van der Waals surface area contributed by atoms with Crippen molar-refractivity contribution in [3.8, 4) is 0 Å². The standard InChI is InChI=1S/C13H9ClN4O2/c14-10-2-1-8(5-16-10)6-20-13(19)11-9-3-4-15-12(9)18-7-17-11/h1-5,7H,6H2,(H,15,17,18). The molecule has 0 fully saturated rings. The van der Waals surface area contributed by atoms with Gasteiger partial charge >= 0.3 is 5.97 Å². The summed E-state index contributed by atoms with van der Waals surface area (Å²) in [7, 11) is 0. The lowest BCUT2D eigenvalue weighted by atomic mass is 10.3. The second kappa shape index (κ2) is 5.26. The highest BCUT2D eigenvalue weighted by Crippen LogP contribution is 2.14. The number of aromatic nitrogens is 4. The SMILES string of the molecule is O=C(OCc1ccc(Cl)nc1)c1ncnc2[nH]ccc12. The maximum absolute atomic E-state index is 12.0. The molecule has 3 heterocycles. The van der Waals surface area contributed by atoms with Crippen LogP contribution in [0.25, 0.3) is 11.0 Å². The quantitative estimate of drug-likeness (QED) is 0.591. The minimum atomic E-state index is -0.507. The summed E-state index contributed by atoms with van der Waals surface area (Å²) in [6, 6.07) is 5.12. The largest absolute Gasteiger partial charge is 0.456 e. The maximum Gasteiger partial charge on any atom is 0.358 e. The first-order chi connectivity index (χ1) is 9.74. The third-order valence-corrected chi connectivity index (χ3v) is 2.93. The Labute approximate surface area is 118 Å². The van der Waals surface area contributed by atoms with Crippen molar-refractivity contribution >= 4 is 28.6 Å². The number of hydrogen-bond donors (Lipinski definition) is 1. The van der Waals surface area contributed by atoms with Gasteiger partial charge in [-0.1, -0.05) is 17.7 Å². The molecule has 7 heteroatoms. The van der Waals surface area contributed by atoms with E-state index in [-0.39, 0.29) is 12.3 Å². The number of aromatic amines is 1. The number of esters is 1. The first-order valence-electron chi connectivity index (χ1n) is 5.79. The highest BCUT2D eigenvalue weighted by atomic mass is 35.5. The Morgan fingerprint density at radius 1 is 1.25 bits per heavy atom. The minimum absolute atomic E-state index is 0.110. The first-order valence-corrected chi connectivity index (χ1v) is 6.17. The van der Waals surface area contributed by atoms with Gasteiger partial charge in [0.05, 0.1) is 5.39 Å². The van der Waals surface area contributed by atoms with Crippen molar-refractivity contribution in [3.05, 3.63) is 53.3 Å². The van der Waals surface area contributed by atoms with Crippen molar-refractivity contribution in [1.29, 1.82) is 0 Å². The van der Waals surface area contributed by atoms with Gasteiger partial charge in [-0.15, -0.1) is 0 Å². The zero-order chi connectivity index (χ0) is 13.9. The van der Waals surface area contributed by atoms with E-state index in [1.165, 1.54) is 6.33 Å². The summed E-state index contributed by atoms with van der Waals surface area (Å²) < 4.78 is 5.21. The molecule has 0 aliphatic heterocycles. The molecule has 0 radical (unpaired) electrons. The average Bonchev–Trinajstić information content (AvgIpc) is 2.94. The third kappa shape index (κ3) is 2.46. The average molecular weight is 289 g/mol. The van der Waals surface area contributed by atoms with Crippen molar-refractivity contribution in [2.75, 3.05) is 0 Å². The van der Waals surface area contributed by atoms with E-state index in [9.17, 15) is 4.79 Å². The number of carbonyl (C=O) groups excluding carboxylic acids is 1. The van der Waals surface area contributed by atoms with Crippen LogP contribution in [0, 0.1) is 0 Å². The van der Waals surface area contributed by atoms with Crippen LogP contribution in [-0.2, 0) is 11.3 Å². The Balaban J connectivity index is 1.76. The molecule has 0 aliphatic rings.